The van der Waals surface area contributed by atoms with E-state index in [1.807, 2.05) is 0 Å². The van der Waals surface area contributed by atoms with Crippen LogP contribution in [0.4, 0.5) is 4.79 Å². The van der Waals surface area contributed by atoms with E-state index in [4.69, 9.17) is 14.6 Å². The van der Waals surface area contributed by atoms with Gasteiger partial charge in [0.25, 0.3) is 5.91 Å². The van der Waals surface area contributed by atoms with Crippen molar-refractivity contribution in [3.63, 3.8) is 0 Å². The van der Waals surface area contributed by atoms with Crippen LogP contribution < -0.4 is 10.6 Å². The van der Waals surface area contributed by atoms with Crippen molar-refractivity contribution in [1.29, 1.82) is 5.41 Å². The number of nitrogens with zero attached hydrogens (tertiary/aromatic N) is 1. The smallest absolute Gasteiger partial charge is 0.412 e. The summed E-state index contributed by atoms with van der Waals surface area (Å²) in [5, 5.41) is 13.9. The highest BCUT2D eigenvalue weighted by Crippen LogP contribution is 2.21. The Morgan fingerprint density at radius 2 is 1.97 bits per heavy atom. The topological polar surface area (TPSA) is 134 Å². The van der Waals surface area contributed by atoms with Crippen molar-refractivity contribution in [2.45, 2.75) is 32.2 Å². The number of benzene rings is 1. The second-order valence-corrected chi connectivity index (χ2v) is 7.50. The van der Waals surface area contributed by atoms with Gasteiger partial charge in [-0.3, -0.25) is 20.3 Å². The molecule has 1 saturated heterocycles. The predicted molar refractivity (Wildman–Crippen MR) is 117 cm³/mol. The van der Waals surface area contributed by atoms with Gasteiger partial charge in [-0.1, -0.05) is 0 Å². The zero-order valence-electron chi connectivity index (χ0n) is 18.2. The zero-order valence-corrected chi connectivity index (χ0v) is 18.2. The lowest BCUT2D eigenvalue weighted by Crippen LogP contribution is -2.45. The lowest BCUT2D eigenvalue weighted by atomic mass is 10.0. The van der Waals surface area contributed by atoms with Gasteiger partial charge in [0.15, 0.2) is 5.76 Å². The van der Waals surface area contributed by atoms with E-state index >= 15 is 0 Å². The van der Waals surface area contributed by atoms with Gasteiger partial charge < -0.3 is 24.1 Å². The summed E-state index contributed by atoms with van der Waals surface area (Å²) in [7, 11) is 1.22. The molecule has 0 aliphatic carbocycles. The molecule has 1 aliphatic heterocycles. The number of nitrogens with one attached hydrogen (secondary N) is 3. The third-order valence-corrected chi connectivity index (χ3v) is 5.30. The number of methoxy groups -OCH3 is 1. The normalized spacial score (nSPS) is 14.7. The number of amides is 2. The number of ether oxygens (including phenoxy) is 2. The van der Waals surface area contributed by atoms with Crippen molar-refractivity contribution in [3.05, 3.63) is 35.6 Å². The molecule has 3 rings (SSSR count). The summed E-state index contributed by atoms with van der Waals surface area (Å²) in [6.07, 6.45) is 1.22. The minimum absolute atomic E-state index is 0.0301. The van der Waals surface area contributed by atoms with E-state index in [2.05, 4.69) is 20.3 Å². The molecule has 1 aliphatic rings. The molecule has 0 spiro atoms. The number of likely N-dealkylation sites (tertiary alicyclic amines) is 1. The van der Waals surface area contributed by atoms with Crippen molar-refractivity contribution in [2.24, 2.45) is 0 Å². The second kappa shape index (κ2) is 10.8. The number of carbonyl (C=O) groups excluding carboxylic acids is 3. The number of fused-ring (bicyclic) bond motifs is 1. The molecule has 2 heterocycles. The molecule has 1 fully saturated rings. The molecular weight excluding hydrogens is 416 g/mol. The molecule has 1 aromatic carbocycles. The summed E-state index contributed by atoms with van der Waals surface area (Å²) in [6.45, 7) is 4.43. The molecule has 0 radical (unpaired) electrons. The molecule has 10 nitrogen and oxygen atoms in total. The van der Waals surface area contributed by atoms with Gasteiger partial charge in [-0.15, -0.1) is 0 Å². The third-order valence-electron chi connectivity index (χ3n) is 5.30. The van der Waals surface area contributed by atoms with Crippen LogP contribution in [0.2, 0.25) is 0 Å². The van der Waals surface area contributed by atoms with Crippen molar-refractivity contribution in [2.75, 3.05) is 33.4 Å². The molecule has 0 atom stereocenters. The Kier molecular flexibility index (Phi) is 7.82. The summed E-state index contributed by atoms with van der Waals surface area (Å²) in [5.41, 5.74) is 0.976. The van der Waals surface area contributed by atoms with Crippen molar-refractivity contribution >= 4 is 34.8 Å². The van der Waals surface area contributed by atoms with Gasteiger partial charge in [-0.2, -0.15) is 0 Å². The zero-order chi connectivity index (χ0) is 23.1. The van der Waals surface area contributed by atoms with Crippen LogP contribution in [0.1, 0.15) is 42.3 Å². The van der Waals surface area contributed by atoms with Crippen LogP contribution in [-0.4, -0.2) is 68.1 Å². The molecule has 1 aromatic heterocycles. The van der Waals surface area contributed by atoms with Crippen LogP contribution in [-0.2, 0) is 14.3 Å². The first-order chi connectivity index (χ1) is 15.4. The van der Waals surface area contributed by atoms with Crippen molar-refractivity contribution in [1.82, 2.24) is 15.5 Å². The fourth-order valence-corrected chi connectivity index (χ4v) is 3.58. The number of hydrogen-bond acceptors (Lipinski definition) is 8. The number of furan rings is 1. The summed E-state index contributed by atoms with van der Waals surface area (Å²) < 4.78 is 15.1. The minimum Gasteiger partial charge on any atom is -0.466 e. The first-order valence-corrected chi connectivity index (χ1v) is 10.6. The largest absolute Gasteiger partial charge is 0.466 e. The number of carbonyl (C=O) groups is 3. The molecule has 0 unspecified atom stereocenters. The highest BCUT2D eigenvalue weighted by Gasteiger charge is 2.23. The molecule has 32 heavy (non-hydrogen) atoms. The van der Waals surface area contributed by atoms with Crippen LogP contribution in [0.5, 0.6) is 0 Å². The van der Waals surface area contributed by atoms with Gasteiger partial charge in [0.2, 0.25) is 0 Å². The van der Waals surface area contributed by atoms with Crippen LogP contribution in [0.25, 0.3) is 11.0 Å². The molecule has 0 bridgehead atoms. The average molecular weight is 444 g/mol. The SMILES string of the molecule is CCOC(=O)CCN1CCC(NC(=O)c2cc3cc(C(=N)NC(=O)OC)ccc3o2)CC1. The Labute approximate surface area is 185 Å². The van der Waals surface area contributed by atoms with E-state index in [-0.39, 0.29) is 29.5 Å². The number of alkyl carbamates (subject to hydrolysis) is 1. The number of amidine groups is 1. The second-order valence-electron chi connectivity index (χ2n) is 7.50. The fourth-order valence-electron chi connectivity index (χ4n) is 3.58. The van der Waals surface area contributed by atoms with E-state index < -0.39 is 6.09 Å². The first kappa shape index (κ1) is 23.3. The Morgan fingerprint density at radius 3 is 2.66 bits per heavy atom. The van der Waals surface area contributed by atoms with E-state index in [9.17, 15) is 14.4 Å². The van der Waals surface area contributed by atoms with Gasteiger partial charge in [0, 0.05) is 36.6 Å². The van der Waals surface area contributed by atoms with Gasteiger partial charge in [0.1, 0.15) is 11.4 Å². The quantitative estimate of drug-likeness (QED) is 0.339. The number of hydrogen-bond donors (Lipinski definition) is 3. The Morgan fingerprint density at radius 1 is 1.22 bits per heavy atom. The number of rotatable bonds is 7. The average Bonchev–Trinajstić information content (AvgIpc) is 3.22. The molecule has 10 heteroatoms. The van der Waals surface area contributed by atoms with Crippen LogP contribution in [0.3, 0.4) is 0 Å². The maximum atomic E-state index is 12.7. The van der Waals surface area contributed by atoms with E-state index in [1.165, 1.54) is 7.11 Å². The fraction of sp³-hybridized carbons (Fsp3) is 0.455. The van der Waals surface area contributed by atoms with Crippen molar-refractivity contribution in [3.8, 4) is 0 Å². The lowest BCUT2D eigenvalue weighted by Gasteiger charge is -2.31. The van der Waals surface area contributed by atoms with Gasteiger partial charge >= 0.3 is 12.1 Å². The lowest BCUT2D eigenvalue weighted by molar-refractivity contribution is -0.143. The molecule has 3 N–H and O–H groups in total. The highest BCUT2D eigenvalue weighted by molar-refractivity contribution is 6.06. The molecule has 2 amide bonds. The summed E-state index contributed by atoms with van der Waals surface area (Å²) in [6, 6.07) is 6.58. The van der Waals surface area contributed by atoms with Crippen molar-refractivity contribution < 1.29 is 28.3 Å². The standard InChI is InChI=1S/C22H28N4O6/c1-3-31-19(27)8-11-26-9-6-16(7-10-26)24-21(28)18-13-15-12-14(4-5-17(15)32-18)20(23)25-22(29)30-2/h4-5,12-13,16H,3,6-11H2,1-2H3,(H,24,28)(H2,23,25,29). The predicted octanol–water partition coefficient (Wildman–Crippen LogP) is 2.26. The summed E-state index contributed by atoms with van der Waals surface area (Å²) in [4.78, 5) is 37.6. The van der Waals surface area contributed by atoms with Gasteiger partial charge in [-0.05, 0) is 44.0 Å². The molecular formula is C22H28N4O6. The number of piperidine rings is 1. The molecule has 2 aromatic rings. The van der Waals surface area contributed by atoms with Crippen LogP contribution in [0.15, 0.2) is 28.7 Å². The van der Waals surface area contributed by atoms with Crippen LogP contribution >= 0.6 is 0 Å². The maximum absolute atomic E-state index is 12.7. The maximum Gasteiger partial charge on any atom is 0.412 e. The highest BCUT2D eigenvalue weighted by atomic mass is 16.5. The Balaban J connectivity index is 1.53. The Bertz CT molecular complexity index is 993. The first-order valence-electron chi connectivity index (χ1n) is 10.6. The van der Waals surface area contributed by atoms with Gasteiger partial charge in [-0.25, -0.2) is 4.79 Å². The van der Waals surface area contributed by atoms with Crippen LogP contribution in [0, 0.1) is 5.41 Å². The van der Waals surface area contributed by atoms with E-state index in [0.29, 0.717) is 36.1 Å². The third kappa shape index (κ3) is 6.07. The number of esters is 1. The van der Waals surface area contributed by atoms with Gasteiger partial charge in [0.05, 0.1) is 20.1 Å². The van der Waals surface area contributed by atoms with E-state index in [0.717, 1.165) is 25.9 Å². The molecule has 172 valence electrons. The monoisotopic (exact) mass is 444 g/mol. The Hall–Kier alpha value is -3.40. The van der Waals surface area contributed by atoms with E-state index in [1.54, 1.807) is 31.2 Å². The molecule has 0 saturated carbocycles. The summed E-state index contributed by atoms with van der Waals surface area (Å²) in [5.74, 6) is -0.405. The summed E-state index contributed by atoms with van der Waals surface area (Å²) >= 11 is 0. The minimum atomic E-state index is -0.728.